The van der Waals surface area contributed by atoms with Crippen LogP contribution in [0.1, 0.15) is 26.7 Å². The molecule has 0 bridgehead atoms. The van der Waals surface area contributed by atoms with E-state index in [0.29, 0.717) is 6.42 Å². The van der Waals surface area contributed by atoms with Crippen LogP contribution in [0.25, 0.3) is 0 Å². The summed E-state index contributed by atoms with van der Waals surface area (Å²) in [5, 5.41) is 24.5. The molecule has 0 radical (unpaired) electrons. The molecule has 0 spiro atoms. The zero-order valence-electron chi connectivity index (χ0n) is 8.30. The van der Waals surface area contributed by atoms with Crippen LogP contribution < -0.4 is 5.73 Å². The van der Waals surface area contributed by atoms with Gasteiger partial charge in [0.15, 0.2) is 0 Å². The molecular weight excluding hydrogens is 190 g/mol. The second kappa shape index (κ2) is 8.46. The Morgan fingerprint density at radius 2 is 1.79 bits per heavy atom. The summed E-state index contributed by atoms with van der Waals surface area (Å²) >= 11 is 0. The molecule has 0 amide bonds. The van der Waals surface area contributed by atoms with E-state index < -0.39 is 24.1 Å². The number of rotatable bonds is 4. The van der Waals surface area contributed by atoms with Gasteiger partial charge in [0.1, 0.15) is 6.04 Å². The maximum Gasteiger partial charge on any atom is 0.323 e. The molecule has 0 aromatic heterocycles. The summed E-state index contributed by atoms with van der Waals surface area (Å²) in [5.41, 5.74) is 4.91. The molecule has 0 aliphatic heterocycles. The van der Waals surface area contributed by atoms with Gasteiger partial charge in [-0.05, 0) is 13.3 Å². The van der Waals surface area contributed by atoms with Crippen LogP contribution in [-0.2, 0) is 9.59 Å². The van der Waals surface area contributed by atoms with E-state index in [2.05, 4.69) is 0 Å². The number of aliphatic hydroxyl groups excluding tert-OH is 1. The Morgan fingerprint density at radius 1 is 1.36 bits per heavy atom. The summed E-state index contributed by atoms with van der Waals surface area (Å²) in [4.78, 5) is 19.5. The summed E-state index contributed by atoms with van der Waals surface area (Å²) in [7, 11) is 0. The number of aliphatic hydroxyl groups is 1. The highest BCUT2D eigenvalue weighted by molar-refractivity contribution is 5.73. The lowest BCUT2D eigenvalue weighted by Crippen LogP contribution is -2.39. The molecule has 0 rings (SSSR count). The average molecular weight is 207 g/mol. The Hall–Kier alpha value is -1.14. The third-order valence-corrected chi connectivity index (χ3v) is 1.27. The highest BCUT2D eigenvalue weighted by atomic mass is 16.4. The van der Waals surface area contributed by atoms with Crippen LogP contribution in [0.5, 0.6) is 0 Å². The molecule has 5 N–H and O–H groups in total. The first-order valence-corrected chi connectivity index (χ1v) is 4.21. The third-order valence-electron chi connectivity index (χ3n) is 1.27. The molecule has 14 heavy (non-hydrogen) atoms. The third kappa shape index (κ3) is 10.9. The van der Waals surface area contributed by atoms with Crippen LogP contribution in [-0.4, -0.2) is 39.4 Å². The molecule has 0 aromatic carbocycles. The lowest BCUT2D eigenvalue weighted by atomic mass is 10.2. The van der Waals surface area contributed by atoms with Gasteiger partial charge in [0.25, 0.3) is 0 Å². The van der Waals surface area contributed by atoms with Crippen LogP contribution in [0, 0.1) is 0 Å². The SMILES string of the molecule is CC(O)C(N)C(=O)O.CCCC(=O)O. The number of carbonyl (C=O) groups is 2. The molecule has 2 unspecified atom stereocenters. The van der Waals surface area contributed by atoms with Crippen molar-refractivity contribution in [1.29, 1.82) is 0 Å². The highest BCUT2D eigenvalue weighted by Crippen LogP contribution is 1.85. The van der Waals surface area contributed by atoms with E-state index in [1.807, 2.05) is 6.92 Å². The molecule has 2 atom stereocenters. The quantitative estimate of drug-likeness (QED) is 0.500. The predicted molar refractivity (Wildman–Crippen MR) is 49.8 cm³/mol. The summed E-state index contributed by atoms with van der Waals surface area (Å²) < 4.78 is 0. The van der Waals surface area contributed by atoms with Gasteiger partial charge < -0.3 is 21.1 Å². The van der Waals surface area contributed by atoms with E-state index >= 15 is 0 Å². The predicted octanol–water partition coefficient (Wildman–Crippen LogP) is -0.350. The van der Waals surface area contributed by atoms with Crippen molar-refractivity contribution in [3.8, 4) is 0 Å². The van der Waals surface area contributed by atoms with Crippen LogP contribution in [0.2, 0.25) is 0 Å². The first-order valence-electron chi connectivity index (χ1n) is 4.21. The van der Waals surface area contributed by atoms with Crippen LogP contribution in [0.3, 0.4) is 0 Å². The number of hydrogen-bond donors (Lipinski definition) is 4. The Balaban J connectivity index is 0. The van der Waals surface area contributed by atoms with Gasteiger partial charge in [0, 0.05) is 6.42 Å². The molecule has 0 saturated carbocycles. The van der Waals surface area contributed by atoms with Crippen molar-refractivity contribution in [2.24, 2.45) is 5.73 Å². The Morgan fingerprint density at radius 3 is 1.79 bits per heavy atom. The van der Waals surface area contributed by atoms with E-state index in [9.17, 15) is 9.59 Å². The molecule has 0 aliphatic rings. The van der Waals surface area contributed by atoms with Gasteiger partial charge in [0.05, 0.1) is 6.10 Å². The first kappa shape index (κ1) is 15.3. The lowest BCUT2D eigenvalue weighted by Gasteiger charge is -2.06. The fourth-order valence-corrected chi connectivity index (χ4v) is 0.420. The van der Waals surface area contributed by atoms with E-state index in [-0.39, 0.29) is 0 Å². The molecule has 6 heteroatoms. The number of carboxylic acids is 2. The molecule has 0 heterocycles. The molecule has 84 valence electrons. The van der Waals surface area contributed by atoms with Gasteiger partial charge in [-0.1, -0.05) is 6.92 Å². The van der Waals surface area contributed by atoms with E-state index in [1.165, 1.54) is 6.92 Å². The fraction of sp³-hybridized carbons (Fsp3) is 0.750. The Labute approximate surface area is 82.3 Å². The summed E-state index contributed by atoms with van der Waals surface area (Å²) in [6, 6.07) is -1.16. The first-order chi connectivity index (χ1) is 6.32. The van der Waals surface area contributed by atoms with Gasteiger partial charge in [0.2, 0.25) is 0 Å². The van der Waals surface area contributed by atoms with Crippen molar-refractivity contribution in [2.45, 2.75) is 38.8 Å². The Kier molecular flexibility index (Phi) is 9.27. The smallest absolute Gasteiger partial charge is 0.323 e. The minimum absolute atomic E-state index is 0.292. The highest BCUT2D eigenvalue weighted by Gasteiger charge is 2.16. The molecule has 0 fully saturated rings. The zero-order valence-corrected chi connectivity index (χ0v) is 8.30. The van der Waals surface area contributed by atoms with E-state index in [4.69, 9.17) is 21.1 Å². The summed E-state index contributed by atoms with van der Waals surface area (Å²) in [6.07, 6.45) is 0.0440. The van der Waals surface area contributed by atoms with Crippen LogP contribution in [0.15, 0.2) is 0 Å². The van der Waals surface area contributed by atoms with Gasteiger partial charge >= 0.3 is 11.9 Å². The van der Waals surface area contributed by atoms with E-state index in [0.717, 1.165) is 6.42 Å². The maximum absolute atomic E-state index is 9.86. The Bertz CT molecular complexity index is 181. The van der Waals surface area contributed by atoms with Gasteiger partial charge in [-0.3, -0.25) is 9.59 Å². The standard InChI is InChI=1S/C4H9NO3.C4H8O2/c1-2(6)3(5)4(7)8;1-2-3-4(5)6/h2-3,6H,5H2,1H3,(H,7,8);2-3H2,1H3,(H,5,6). The average Bonchev–Trinajstić information content (AvgIpc) is 2.03. The normalized spacial score (nSPS) is 13.4. The van der Waals surface area contributed by atoms with Crippen molar-refractivity contribution in [1.82, 2.24) is 0 Å². The lowest BCUT2D eigenvalue weighted by molar-refractivity contribution is -0.141. The number of carboxylic acid groups (broad SMARTS) is 2. The van der Waals surface area contributed by atoms with Crippen molar-refractivity contribution < 1.29 is 24.9 Å². The topological polar surface area (TPSA) is 121 Å². The largest absolute Gasteiger partial charge is 0.481 e. The monoisotopic (exact) mass is 207 g/mol. The second-order valence-corrected chi connectivity index (χ2v) is 2.75. The number of aliphatic carboxylic acids is 2. The summed E-state index contributed by atoms with van der Waals surface area (Å²) in [5.74, 6) is -1.89. The van der Waals surface area contributed by atoms with E-state index in [1.54, 1.807) is 0 Å². The minimum Gasteiger partial charge on any atom is -0.481 e. The van der Waals surface area contributed by atoms with Crippen LogP contribution in [0.4, 0.5) is 0 Å². The summed E-state index contributed by atoms with van der Waals surface area (Å²) in [6.45, 7) is 3.17. The van der Waals surface area contributed by atoms with Crippen LogP contribution >= 0.6 is 0 Å². The zero-order chi connectivity index (χ0) is 11.7. The number of nitrogens with two attached hydrogens (primary N) is 1. The fourth-order valence-electron chi connectivity index (χ4n) is 0.420. The van der Waals surface area contributed by atoms with Crippen molar-refractivity contribution in [3.05, 3.63) is 0 Å². The molecule has 0 aromatic rings. The molecule has 6 nitrogen and oxygen atoms in total. The molecule has 0 saturated heterocycles. The van der Waals surface area contributed by atoms with Crippen molar-refractivity contribution >= 4 is 11.9 Å². The van der Waals surface area contributed by atoms with Gasteiger partial charge in [-0.2, -0.15) is 0 Å². The number of hydrogen-bond acceptors (Lipinski definition) is 4. The molecule has 0 aliphatic carbocycles. The van der Waals surface area contributed by atoms with Gasteiger partial charge in [-0.15, -0.1) is 0 Å². The van der Waals surface area contributed by atoms with Gasteiger partial charge in [-0.25, -0.2) is 0 Å². The molecular formula is C8H17NO5. The minimum atomic E-state index is -1.18. The van der Waals surface area contributed by atoms with Crippen molar-refractivity contribution in [3.63, 3.8) is 0 Å². The van der Waals surface area contributed by atoms with Crippen molar-refractivity contribution in [2.75, 3.05) is 0 Å². The second-order valence-electron chi connectivity index (χ2n) is 2.75. The maximum atomic E-state index is 9.86.